The number of aliphatic hydroxyl groups excluding tert-OH is 1. The molecule has 0 radical (unpaired) electrons. The predicted molar refractivity (Wildman–Crippen MR) is 119 cm³/mol. The number of ether oxygens (including phenoxy) is 1. The summed E-state index contributed by atoms with van der Waals surface area (Å²) in [5.41, 5.74) is 1.92. The Morgan fingerprint density at radius 1 is 1.00 bits per heavy atom. The van der Waals surface area contributed by atoms with E-state index in [1.54, 1.807) is 0 Å². The van der Waals surface area contributed by atoms with Gasteiger partial charge in [-0.25, -0.2) is 8.42 Å². The average Bonchev–Trinajstić information content (AvgIpc) is 2.76. The maximum Gasteiger partial charge on any atom is 0.417 e. The van der Waals surface area contributed by atoms with E-state index in [1.807, 2.05) is 37.8 Å². The van der Waals surface area contributed by atoms with Crippen LogP contribution in [0, 0.1) is 20.8 Å². The topological polar surface area (TPSA) is 70.1 Å². The Morgan fingerprint density at radius 2 is 1.61 bits per heavy atom. The van der Waals surface area contributed by atoms with Crippen molar-refractivity contribution in [3.8, 4) is 5.75 Å². The van der Waals surface area contributed by atoms with Crippen LogP contribution in [0.2, 0.25) is 0 Å². The standard InChI is InChI=1S/C23H29F3N2O4S/c1-16-8-9-17(2)22(18(16)3)32-15-19(29)14-27-10-12-28(13-11-27)33(30,31)21-7-5-4-6-20(21)23(24,25)26/h4-9,19,29H,10-15H2,1-3H3. The molecule has 1 saturated heterocycles. The second-order valence-corrected chi connectivity index (χ2v) is 10.2. The number of rotatable bonds is 7. The number of aryl methyl sites for hydroxylation is 2. The van der Waals surface area contributed by atoms with Crippen molar-refractivity contribution in [3.63, 3.8) is 0 Å². The van der Waals surface area contributed by atoms with Crippen LogP contribution in [0.3, 0.4) is 0 Å². The summed E-state index contributed by atoms with van der Waals surface area (Å²) in [6.45, 7) is 6.92. The number of hydrogen-bond acceptors (Lipinski definition) is 5. The van der Waals surface area contributed by atoms with Crippen LogP contribution in [0.5, 0.6) is 5.75 Å². The molecule has 2 aromatic carbocycles. The molecule has 33 heavy (non-hydrogen) atoms. The molecule has 1 heterocycles. The Hall–Kier alpha value is -2.14. The lowest BCUT2D eigenvalue weighted by molar-refractivity contribution is -0.139. The summed E-state index contributed by atoms with van der Waals surface area (Å²) in [4.78, 5) is 1.15. The molecule has 2 aromatic rings. The zero-order chi connectivity index (χ0) is 24.4. The third-order valence-corrected chi connectivity index (χ3v) is 7.86. The van der Waals surface area contributed by atoms with Crippen molar-refractivity contribution in [2.75, 3.05) is 39.3 Å². The Bertz CT molecular complexity index is 1080. The van der Waals surface area contributed by atoms with Gasteiger partial charge in [0.2, 0.25) is 10.0 Å². The third kappa shape index (κ3) is 5.87. The number of benzene rings is 2. The lowest BCUT2D eigenvalue weighted by atomic mass is 10.1. The molecule has 0 aliphatic carbocycles. The minimum absolute atomic E-state index is 0.0399. The summed E-state index contributed by atoms with van der Waals surface area (Å²) in [7, 11) is -4.29. The van der Waals surface area contributed by atoms with Crippen LogP contribution in [-0.2, 0) is 16.2 Å². The number of β-amino-alcohol motifs (C(OH)–C–C–N with tert-alkyl or cyclic N) is 1. The molecule has 1 fully saturated rings. The van der Waals surface area contributed by atoms with Crippen molar-refractivity contribution >= 4 is 10.0 Å². The molecule has 0 saturated carbocycles. The largest absolute Gasteiger partial charge is 0.490 e. The summed E-state index contributed by atoms with van der Waals surface area (Å²) in [5, 5.41) is 10.4. The Labute approximate surface area is 192 Å². The molecule has 3 rings (SSSR count). The minimum atomic E-state index is -4.76. The van der Waals surface area contributed by atoms with Crippen molar-refractivity contribution in [2.24, 2.45) is 0 Å². The molecule has 1 aliphatic rings. The Balaban J connectivity index is 1.58. The molecule has 1 aliphatic heterocycles. The molecule has 0 bridgehead atoms. The fourth-order valence-electron chi connectivity index (χ4n) is 3.90. The molecule has 1 N–H and O–H groups in total. The second kappa shape index (κ2) is 10.0. The van der Waals surface area contributed by atoms with Crippen molar-refractivity contribution in [1.82, 2.24) is 9.21 Å². The molecule has 1 unspecified atom stereocenters. The van der Waals surface area contributed by atoms with Gasteiger partial charge in [0, 0.05) is 32.7 Å². The molecule has 0 amide bonds. The lowest BCUT2D eigenvalue weighted by Gasteiger charge is -2.35. The molecule has 0 aromatic heterocycles. The zero-order valence-electron chi connectivity index (χ0n) is 18.9. The van der Waals surface area contributed by atoms with E-state index in [4.69, 9.17) is 4.74 Å². The number of aliphatic hydroxyl groups is 1. The molecule has 182 valence electrons. The fourth-order valence-corrected chi connectivity index (χ4v) is 5.53. The maximum absolute atomic E-state index is 13.3. The first-order valence-electron chi connectivity index (χ1n) is 10.7. The van der Waals surface area contributed by atoms with E-state index >= 15 is 0 Å². The molecular formula is C23H29F3N2O4S. The zero-order valence-corrected chi connectivity index (χ0v) is 19.7. The number of hydrogen-bond donors (Lipinski definition) is 1. The monoisotopic (exact) mass is 486 g/mol. The summed E-state index contributed by atoms with van der Waals surface area (Å²) >= 11 is 0. The van der Waals surface area contributed by atoms with Gasteiger partial charge in [-0.3, -0.25) is 4.90 Å². The fraction of sp³-hybridized carbons (Fsp3) is 0.478. The van der Waals surface area contributed by atoms with Gasteiger partial charge in [-0.1, -0.05) is 24.3 Å². The van der Waals surface area contributed by atoms with E-state index in [9.17, 15) is 26.7 Å². The van der Waals surface area contributed by atoms with Gasteiger partial charge in [-0.05, 0) is 49.6 Å². The smallest absolute Gasteiger partial charge is 0.417 e. The average molecular weight is 487 g/mol. The first-order chi connectivity index (χ1) is 15.4. The van der Waals surface area contributed by atoms with Crippen LogP contribution in [0.4, 0.5) is 13.2 Å². The van der Waals surface area contributed by atoms with E-state index in [2.05, 4.69) is 0 Å². The van der Waals surface area contributed by atoms with Crippen LogP contribution in [-0.4, -0.2) is 68.2 Å². The van der Waals surface area contributed by atoms with Gasteiger partial charge in [0.25, 0.3) is 0 Å². The van der Waals surface area contributed by atoms with Gasteiger partial charge in [-0.15, -0.1) is 0 Å². The number of halogens is 3. The number of piperazine rings is 1. The van der Waals surface area contributed by atoms with Crippen molar-refractivity contribution in [2.45, 2.75) is 37.9 Å². The van der Waals surface area contributed by atoms with Gasteiger partial charge < -0.3 is 9.84 Å². The predicted octanol–water partition coefficient (Wildman–Crippen LogP) is 3.38. The molecule has 10 heteroatoms. The quantitative estimate of drug-likeness (QED) is 0.650. The van der Waals surface area contributed by atoms with E-state index in [0.29, 0.717) is 13.1 Å². The number of nitrogens with zero attached hydrogens (tertiary/aromatic N) is 2. The van der Waals surface area contributed by atoms with E-state index < -0.39 is 32.8 Å². The summed E-state index contributed by atoms with van der Waals surface area (Å²) in [6, 6.07) is 8.18. The van der Waals surface area contributed by atoms with Gasteiger partial charge in [0.15, 0.2) is 0 Å². The van der Waals surface area contributed by atoms with Crippen LogP contribution >= 0.6 is 0 Å². The molecule has 1 atom stereocenters. The first-order valence-corrected chi connectivity index (χ1v) is 12.1. The van der Waals surface area contributed by atoms with Crippen LogP contribution in [0.1, 0.15) is 22.3 Å². The minimum Gasteiger partial charge on any atom is -0.490 e. The van der Waals surface area contributed by atoms with Crippen molar-refractivity contribution in [1.29, 1.82) is 0 Å². The number of sulfonamides is 1. The molecular weight excluding hydrogens is 457 g/mol. The van der Waals surface area contributed by atoms with E-state index in [0.717, 1.165) is 38.9 Å². The summed E-state index contributed by atoms with van der Waals surface area (Å²) in [6.07, 6.45) is -5.55. The SMILES string of the molecule is Cc1ccc(C)c(OCC(O)CN2CCN(S(=O)(=O)c3ccccc3C(F)(F)F)CC2)c1C. The van der Waals surface area contributed by atoms with Gasteiger partial charge in [-0.2, -0.15) is 17.5 Å². The summed E-state index contributed by atoms with van der Waals surface area (Å²) in [5.74, 6) is 0.744. The van der Waals surface area contributed by atoms with Gasteiger partial charge in [0.1, 0.15) is 18.5 Å². The van der Waals surface area contributed by atoms with Crippen LogP contribution < -0.4 is 4.74 Å². The van der Waals surface area contributed by atoms with Gasteiger partial charge >= 0.3 is 6.18 Å². The highest BCUT2D eigenvalue weighted by atomic mass is 32.2. The van der Waals surface area contributed by atoms with Crippen molar-refractivity contribution < 1.29 is 31.4 Å². The van der Waals surface area contributed by atoms with E-state index in [-0.39, 0.29) is 26.2 Å². The number of alkyl halides is 3. The highest BCUT2D eigenvalue weighted by Crippen LogP contribution is 2.35. The molecule has 6 nitrogen and oxygen atoms in total. The normalized spacial score (nSPS) is 17.2. The first kappa shape index (κ1) is 25.5. The van der Waals surface area contributed by atoms with Gasteiger partial charge in [0.05, 0.1) is 10.5 Å². The highest BCUT2D eigenvalue weighted by molar-refractivity contribution is 7.89. The Kier molecular flexibility index (Phi) is 7.73. The van der Waals surface area contributed by atoms with Crippen LogP contribution in [0.25, 0.3) is 0 Å². The maximum atomic E-state index is 13.3. The lowest BCUT2D eigenvalue weighted by Crippen LogP contribution is -2.51. The second-order valence-electron chi connectivity index (χ2n) is 8.32. The Morgan fingerprint density at radius 3 is 2.24 bits per heavy atom. The highest BCUT2D eigenvalue weighted by Gasteiger charge is 2.39. The van der Waals surface area contributed by atoms with Crippen molar-refractivity contribution in [3.05, 3.63) is 58.7 Å². The third-order valence-electron chi connectivity index (χ3n) is 5.90. The summed E-state index contributed by atoms with van der Waals surface area (Å²) < 4.78 is 72.5. The molecule has 0 spiro atoms. The van der Waals surface area contributed by atoms with E-state index in [1.165, 1.54) is 12.1 Å². The van der Waals surface area contributed by atoms with Crippen LogP contribution in [0.15, 0.2) is 41.3 Å².